The molecule has 1 nitrogen and oxygen atoms in total. The zero-order valence-corrected chi connectivity index (χ0v) is 8.86. The predicted molar refractivity (Wildman–Crippen MR) is 55.5 cm³/mol. The van der Waals surface area contributed by atoms with Crippen molar-refractivity contribution in [2.75, 3.05) is 0 Å². The summed E-state index contributed by atoms with van der Waals surface area (Å²) in [6.07, 6.45) is 1.79. The molecule has 0 amide bonds. The molecule has 0 N–H and O–H groups in total. The van der Waals surface area contributed by atoms with Crippen LogP contribution in [0.5, 0.6) is 0 Å². The van der Waals surface area contributed by atoms with E-state index in [1.54, 1.807) is 0 Å². The lowest BCUT2D eigenvalue weighted by Gasteiger charge is -2.16. The van der Waals surface area contributed by atoms with E-state index in [9.17, 15) is 0 Å². The van der Waals surface area contributed by atoms with Crippen molar-refractivity contribution in [1.82, 2.24) is 0 Å². The van der Waals surface area contributed by atoms with Crippen LogP contribution in [0.4, 0.5) is 0 Å². The minimum atomic E-state index is -0.0129. The predicted octanol–water partition coefficient (Wildman–Crippen LogP) is 3.05. The summed E-state index contributed by atoms with van der Waals surface area (Å²) >= 11 is 0. The molecule has 0 unspecified atom stereocenters. The first-order chi connectivity index (χ1) is 5.48. The molecule has 0 saturated heterocycles. The molecule has 0 aromatic heterocycles. The third-order valence-corrected chi connectivity index (χ3v) is 1.35. The topological polar surface area (TPSA) is 12.4 Å². The smallest absolute Gasteiger partial charge is 0.0659 e. The quantitative estimate of drug-likeness (QED) is 0.440. The number of aliphatic imine (C=N–C) groups is 1. The standard InChI is InChI=1S/C11H19N/c1-6-7-8-9-11(4,5)12-10(2)3/h6,9H2,1-5H3. The van der Waals surface area contributed by atoms with Gasteiger partial charge in [-0.3, -0.25) is 4.99 Å². The minimum Gasteiger partial charge on any atom is -0.288 e. The van der Waals surface area contributed by atoms with Gasteiger partial charge in [0.15, 0.2) is 0 Å². The molecular formula is C11H19N. The zero-order valence-electron chi connectivity index (χ0n) is 8.86. The second-order valence-corrected chi connectivity index (χ2v) is 3.76. The fraction of sp³-hybridized carbons (Fsp3) is 0.727. The van der Waals surface area contributed by atoms with Crippen LogP contribution in [0.2, 0.25) is 0 Å². The first-order valence-electron chi connectivity index (χ1n) is 4.46. The fourth-order valence-electron chi connectivity index (χ4n) is 1.05. The van der Waals surface area contributed by atoms with Gasteiger partial charge in [0.25, 0.3) is 0 Å². The maximum atomic E-state index is 4.50. The lowest BCUT2D eigenvalue weighted by atomic mass is 10.0. The molecule has 0 rings (SSSR count). The van der Waals surface area contributed by atoms with Gasteiger partial charge in [0, 0.05) is 18.6 Å². The van der Waals surface area contributed by atoms with E-state index in [0.717, 1.165) is 18.6 Å². The highest BCUT2D eigenvalue weighted by atomic mass is 14.8. The first-order valence-corrected chi connectivity index (χ1v) is 4.46. The Hall–Kier alpha value is -0.770. The van der Waals surface area contributed by atoms with Crippen LogP contribution in [0.15, 0.2) is 4.99 Å². The number of hydrogen-bond donors (Lipinski definition) is 0. The highest BCUT2D eigenvalue weighted by Gasteiger charge is 2.13. The maximum absolute atomic E-state index is 4.50. The SMILES string of the molecule is CCC#CCC(C)(C)N=C(C)C. The summed E-state index contributed by atoms with van der Waals surface area (Å²) in [6, 6.07) is 0. The highest BCUT2D eigenvalue weighted by Crippen LogP contribution is 2.13. The molecule has 0 aliphatic heterocycles. The molecule has 0 bridgehead atoms. The van der Waals surface area contributed by atoms with Gasteiger partial charge in [-0.15, -0.1) is 11.8 Å². The Balaban J connectivity index is 4.14. The molecule has 12 heavy (non-hydrogen) atoms. The molecule has 0 aliphatic rings. The fourth-order valence-corrected chi connectivity index (χ4v) is 1.05. The largest absolute Gasteiger partial charge is 0.288 e. The molecule has 0 aromatic rings. The second kappa shape index (κ2) is 4.98. The summed E-state index contributed by atoms with van der Waals surface area (Å²) < 4.78 is 0. The van der Waals surface area contributed by atoms with Crippen molar-refractivity contribution in [2.45, 2.75) is 53.0 Å². The van der Waals surface area contributed by atoms with Crippen LogP contribution in [-0.4, -0.2) is 11.3 Å². The lowest BCUT2D eigenvalue weighted by Crippen LogP contribution is -2.16. The molecule has 0 spiro atoms. The summed E-state index contributed by atoms with van der Waals surface area (Å²) in [5.41, 5.74) is 1.11. The van der Waals surface area contributed by atoms with Gasteiger partial charge in [-0.2, -0.15) is 0 Å². The monoisotopic (exact) mass is 165 g/mol. The first kappa shape index (κ1) is 11.2. The van der Waals surface area contributed by atoms with Crippen molar-refractivity contribution in [1.29, 1.82) is 0 Å². The molecule has 0 radical (unpaired) electrons. The molecular weight excluding hydrogens is 146 g/mol. The average Bonchev–Trinajstić information content (AvgIpc) is 1.84. The number of hydrogen-bond acceptors (Lipinski definition) is 1. The van der Waals surface area contributed by atoms with Crippen molar-refractivity contribution in [3.05, 3.63) is 0 Å². The maximum Gasteiger partial charge on any atom is 0.0659 e. The number of rotatable bonds is 2. The molecule has 0 aliphatic carbocycles. The van der Waals surface area contributed by atoms with Gasteiger partial charge in [0.2, 0.25) is 0 Å². The van der Waals surface area contributed by atoms with Crippen molar-refractivity contribution in [2.24, 2.45) is 4.99 Å². The van der Waals surface area contributed by atoms with Gasteiger partial charge in [-0.25, -0.2) is 0 Å². The van der Waals surface area contributed by atoms with Gasteiger partial charge in [0.05, 0.1) is 5.54 Å². The Bertz CT molecular complexity index is 209. The molecule has 0 aromatic carbocycles. The summed E-state index contributed by atoms with van der Waals surface area (Å²) in [4.78, 5) is 4.50. The van der Waals surface area contributed by atoms with Crippen LogP contribution in [0.1, 0.15) is 47.5 Å². The molecule has 0 fully saturated rings. The van der Waals surface area contributed by atoms with Crippen molar-refractivity contribution >= 4 is 5.71 Å². The Morgan fingerprint density at radius 3 is 2.25 bits per heavy atom. The summed E-state index contributed by atoms with van der Waals surface area (Å²) in [5.74, 6) is 6.18. The Morgan fingerprint density at radius 1 is 1.25 bits per heavy atom. The summed E-state index contributed by atoms with van der Waals surface area (Å²) in [6.45, 7) is 10.3. The Kier molecular flexibility index (Phi) is 4.66. The normalized spacial score (nSPS) is 10.1. The lowest BCUT2D eigenvalue weighted by molar-refractivity contribution is 0.539. The second-order valence-electron chi connectivity index (χ2n) is 3.76. The van der Waals surface area contributed by atoms with E-state index in [0.29, 0.717) is 0 Å². The van der Waals surface area contributed by atoms with Crippen LogP contribution in [0.25, 0.3) is 0 Å². The van der Waals surface area contributed by atoms with E-state index < -0.39 is 0 Å². The summed E-state index contributed by atoms with van der Waals surface area (Å²) in [5, 5.41) is 0. The third-order valence-electron chi connectivity index (χ3n) is 1.35. The van der Waals surface area contributed by atoms with Gasteiger partial charge >= 0.3 is 0 Å². The van der Waals surface area contributed by atoms with Crippen molar-refractivity contribution in [3.63, 3.8) is 0 Å². The van der Waals surface area contributed by atoms with E-state index in [1.807, 2.05) is 13.8 Å². The van der Waals surface area contributed by atoms with Gasteiger partial charge in [-0.1, -0.05) is 6.92 Å². The third kappa shape index (κ3) is 5.97. The van der Waals surface area contributed by atoms with E-state index in [1.165, 1.54) is 0 Å². The van der Waals surface area contributed by atoms with Gasteiger partial charge in [-0.05, 0) is 27.7 Å². The van der Waals surface area contributed by atoms with Crippen molar-refractivity contribution < 1.29 is 0 Å². The van der Waals surface area contributed by atoms with Crippen LogP contribution in [0.3, 0.4) is 0 Å². The molecule has 0 heterocycles. The van der Waals surface area contributed by atoms with Crippen molar-refractivity contribution in [3.8, 4) is 11.8 Å². The molecule has 68 valence electrons. The van der Waals surface area contributed by atoms with Crippen LogP contribution in [0, 0.1) is 11.8 Å². The zero-order chi connectivity index (χ0) is 9.61. The highest BCUT2D eigenvalue weighted by molar-refractivity contribution is 5.79. The van der Waals surface area contributed by atoms with E-state index in [-0.39, 0.29) is 5.54 Å². The van der Waals surface area contributed by atoms with E-state index in [2.05, 4.69) is 37.6 Å². The van der Waals surface area contributed by atoms with E-state index >= 15 is 0 Å². The van der Waals surface area contributed by atoms with Crippen LogP contribution >= 0.6 is 0 Å². The van der Waals surface area contributed by atoms with Gasteiger partial charge < -0.3 is 0 Å². The van der Waals surface area contributed by atoms with Gasteiger partial charge in [0.1, 0.15) is 0 Å². The molecule has 0 saturated carbocycles. The van der Waals surface area contributed by atoms with Crippen LogP contribution < -0.4 is 0 Å². The Morgan fingerprint density at radius 2 is 1.83 bits per heavy atom. The molecule has 0 atom stereocenters. The molecule has 1 heteroatoms. The average molecular weight is 165 g/mol. The Labute approximate surface area is 76.3 Å². The van der Waals surface area contributed by atoms with Crippen LogP contribution in [-0.2, 0) is 0 Å². The minimum absolute atomic E-state index is 0.0129. The van der Waals surface area contributed by atoms with E-state index in [4.69, 9.17) is 0 Å². The number of nitrogens with zero attached hydrogens (tertiary/aromatic N) is 1. The summed E-state index contributed by atoms with van der Waals surface area (Å²) in [7, 11) is 0.